The summed E-state index contributed by atoms with van der Waals surface area (Å²) in [5, 5.41) is 6.31. The highest BCUT2D eigenvalue weighted by molar-refractivity contribution is 6.06. The molecule has 0 saturated carbocycles. The zero-order valence-electron chi connectivity index (χ0n) is 16.2. The van der Waals surface area contributed by atoms with E-state index in [0.717, 1.165) is 34.6 Å². The van der Waals surface area contributed by atoms with Gasteiger partial charge in [0, 0.05) is 30.4 Å². The molecule has 1 amide bonds. The number of fused-ring (bicyclic) bond motifs is 1. The summed E-state index contributed by atoms with van der Waals surface area (Å²) in [6.45, 7) is 2.37. The molecule has 0 aliphatic carbocycles. The third kappa shape index (κ3) is 3.36. The van der Waals surface area contributed by atoms with Crippen LogP contribution in [0, 0.1) is 11.8 Å². The SMILES string of the molecule is CC#Cc1cccc(Nc2c(-c3ccnc(N)c3)[nH]c3c2C(=O)NCC3)c1OC. The number of rotatable bonds is 4. The second kappa shape index (κ2) is 7.60. The molecule has 0 bridgehead atoms. The van der Waals surface area contributed by atoms with Crippen LogP contribution < -0.4 is 21.1 Å². The number of hydrogen-bond donors (Lipinski definition) is 4. The highest BCUT2D eigenvalue weighted by Crippen LogP contribution is 2.39. The minimum atomic E-state index is -0.123. The van der Waals surface area contributed by atoms with E-state index in [1.54, 1.807) is 26.3 Å². The normalized spacial score (nSPS) is 12.4. The molecule has 29 heavy (non-hydrogen) atoms. The minimum absolute atomic E-state index is 0.123. The average Bonchev–Trinajstić information content (AvgIpc) is 3.08. The number of aromatic amines is 1. The van der Waals surface area contributed by atoms with Crippen LogP contribution in [0.15, 0.2) is 36.5 Å². The number of nitrogens with two attached hydrogens (primary N) is 1. The van der Waals surface area contributed by atoms with Crippen molar-refractivity contribution in [3.05, 3.63) is 53.3 Å². The predicted octanol–water partition coefficient (Wildman–Crippen LogP) is 3.07. The van der Waals surface area contributed by atoms with Crippen LogP contribution >= 0.6 is 0 Å². The highest BCUT2D eigenvalue weighted by atomic mass is 16.5. The second-order valence-electron chi connectivity index (χ2n) is 6.59. The Kier molecular flexibility index (Phi) is 4.83. The summed E-state index contributed by atoms with van der Waals surface area (Å²) in [6, 6.07) is 9.31. The summed E-state index contributed by atoms with van der Waals surface area (Å²) in [5.74, 6) is 6.84. The standard InChI is InChI=1S/C22H21N5O2/c1-3-5-13-6-4-7-16(21(13)29-2)27-20-18-15(9-11-25-22(18)28)26-19(20)14-8-10-24-17(23)12-14/h4,6-8,10,12,26-27H,9,11H2,1-2H3,(H2,23,24)(H,25,28). The summed E-state index contributed by atoms with van der Waals surface area (Å²) in [6.07, 6.45) is 2.36. The molecule has 0 spiro atoms. The number of para-hydroxylation sites is 1. The van der Waals surface area contributed by atoms with Gasteiger partial charge < -0.3 is 26.1 Å². The lowest BCUT2D eigenvalue weighted by molar-refractivity contribution is 0.0947. The van der Waals surface area contributed by atoms with Gasteiger partial charge in [-0.2, -0.15) is 0 Å². The second-order valence-corrected chi connectivity index (χ2v) is 6.59. The van der Waals surface area contributed by atoms with Crippen molar-refractivity contribution in [1.82, 2.24) is 15.3 Å². The number of carbonyl (C=O) groups is 1. The maximum atomic E-state index is 12.7. The average molecular weight is 387 g/mol. The zero-order valence-corrected chi connectivity index (χ0v) is 16.2. The van der Waals surface area contributed by atoms with Crippen molar-refractivity contribution in [3.63, 3.8) is 0 Å². The van der Waals surface area contributed by atoms with Crippen molar-refractivity contribution in [1.29, 1.82) is 0 Å². The van der Waals surface area contributed by atoms with Gasteiger partial charge in [0.2, 0.25) is 0 Å². The molecule has 0 atom stereocenters. The highest BCUT2D eigenvalue weighted by Gasteiger charge is 2.27. The van der Waals surface area contributed by atoms with Gasteiger partial charge in [-0.3, -0.25) is 4.79 Å². The van der Waals surface area contributed by atoms with E-state index in [-0.39, 0.29) is 5.91 Å². The number of pyridine rings is 1. The Morgan fingerprint density at radius 3 is 2.93 bits per heavy atom. The fraction of sp³-hybridized carbons (Fsp3) is 0.182. The maximum Gasteiger partial charge on any atom is 0.255 e. The number of carbonyl (C=O) groups excluding carboxylic acids is 1. The molecule has 7 nitrogen and oxygen atoms in total. The number of anilines is 3. The quantitative estimate of drug-likeness (QED) is 0.515. The third-order valence-corrected chi connectivity index (χ3v) is 4.77. The van der Waals surface area contributed by atoms with Crippen molar-refractivity contribution in [2.75, 3.05) is 24.7 Å². The van der Waals surface area contributed by atoms with Gasteiger partial charge in [0.15, 0.2) is 5.75 Å². The van der Waals surface area contributed by atoms with Crippen LogP contribution in [0.4, 0.5) is 17.2 Å². The molecule has 0 unspecified atom stereocenters. The first-order chi connectivity index (χ1) is 14.1. The number of nitrogens with one attached hydrogen (secondary N) is 3. The lowest BCUT2D eigenvalue weighted by Gasteiger charge is -2.17. The molecular formula is C22H21N5O2. The van der Waals surface area contributed by atoms with Crippen molar-refractivity contribution in [3.8, 4) is 28.8 Å². The molecule has 5 N–H and O–H groups in total. The summed E-state index contributed by atoms with van der Waals surface area (Å²) >= 11 is 0. The first-order valence-electron chi connectivity index (χ1n) is 9.24. The van der Waals surface area contributed by atoms with Gasteiger partial charge in [-0.05, 0) is 31.2 Å². The molecular weight excluding hydrogens is 366 g/mol. The number of hydrogen-bond acceptors (Lipinski definition) is 5. The van der Waals surface area contributed by atoms with Crippen LogP contribution in [-0.4, -0.2) is 29.5 Å². The molecule has 1 aromatic carbocycles. The number of nitrogens with zero attached hydrogens (tertiary/aromatic N) is 1. The van der Waals surface area contributed by atoms with Crippen LogP contribution in [0.25, 0.3) is 11.3 Å². The molecule has 3 aromatic rings. The van der Waals surface area contributed by atoms with Crippen molar-refractivity contribution < 1.29 is 9.53 Å². The van der Waals surface area contributed by atoms with E-state index in [0.29, 0.717) is 29.4 Å². The number of ether oxygens (including phenoxy) is 1. The maximum absolute atomic E-state index is 12.7. The van der Waals surface area contributed by atoms with E-state index >= 15 is 0 Å². The van der Waals surface area contributed by atoms with Gasteiger partial charge in [0.25, 0.3) is 5.91 Å². The summed E-state index contributed by atoms with van der Waals surface area (Å²) < 4.78 is 5.61. The molecule has 0 saturated heterocycles. The molecule has 0 fully saturated rings. The number of aromatic nitrogens is 2. The first-order valence-corrected chi connectivity index (χ1v) is 9.24. The van der Waals surface area contributed by atoms with Crippen LogP contribution in [0.1, 0.15) is 28.5 Å². The Morgan fingerprint density at radius 1 is 1.31 bits per heavy atom. The molecule has 7 heteroatoms. The Bertz CT molecular complexity index is 1150. The van der Waals surface area contributed by atoms with E-state index < -0.39 is 0 Å². The minimum Gasteiger partial charge on any atom is -0.493 e. The third-order valence-electron chi connectivity index (χ3n) is 4.77. The predicted molar refractivity (Wildman–Crippen MR) is 113 cm³/mol. The first kappa shape index (κ1) is 18.4. The summed E-state index contributed by atoms with van der Waals surface area (Å²) in [7, 11) is 1.60. The van der Waals surface area contributed by atoms with E-state index in [9.17, 15) is 4.79 Å². The van der Waals surface area contributed by atoms with Crippen molar-refractivity contribution in [2.24, 2.45) is 0 Å². The Labute approximate surface area is 168 Å². The Balaban J connectivity index is 1.89. The van der Waals surface area contributed by atoms with Crippen molar-refractivity contribution in [2.45, 2.75) is 13.3 Å². The van der Waals surface area contributed by atoms with Gasteiger partial charge >= 0.3 is 0 Å². The lowest BCUT2D eigenvalue weighted by Crippen LogP contribution is -2.31. The molecule has 0 radical (unpaired) electrons. The van der Waals surface area contributed by atoms with E-state index in [1.807, 2.05) is 24.3 Å². The number of nitrogen functional groups attached to an aromatic ring is 1. The smallest absolute Gasteiger partial charge is 0.255 e. The van der Waals surface area contributed by atoms with Gasteiger partial charge in [0.05, 0.1) is 35.3 Å². The summed E-state index contributed by atoms with van der Waals surface area (Å²) in [5.41, 5.74) is 11.1. The van der Waals surface area contributed by atoms with Crippen LogP contribution in [0.3, 0.4) is 0 Å². The van der Waals surface area contributed by atoms with Crippen LogP contribution in [0.5, 0.6) is 5.75 Å². The Morgan fingerprint density at radius 2 is 2.17 bits per heavy atom. The van der Waals surface area contributed by atoms with E-state index in [4.69, 9.17) is 10.5 Å². The van der Waals surface area contributed by atoms with Crippen molar-refractivity contribution >= 4 is 23.1 Å². The zero-order chi connectivity index (χ0) is 20.4. The molecule has 146 valence electrons. The monoisotopic (exact) mass is 387 g/mol. The van der Waals surface area contributed by atoms with Gasteiger partial charge in [-0.25, -0.2) is 4.98 Å². The molecule has 3 heterocycles. The Hall–Kier alpha value is -3.92. The lowest BCUT2D eigenvalue weighted by atomic mass is 10.0. The number of methoxy groups -OCH3 is 1. The topological polar surface area (TPSA) is 105 Å². The van der Waals surface area contributed by atoms with Crippen LogP contribution in [-0.2, 0) is 6.42 Å². The largest absolute Gasteiger partial charge is 0.493 e. The van der Waals surface area contributed by atoms with Gasteiger partial charge in [-0.1, -0.05) is 12.0 Å². The van der Waals surface area contributed by atoms with Gasteiger partial charge in [0.1, 0.15) is 5.82 Å². The molecule has 2 aromatic heterocycles. The molecule has 4 rings (SSSR count). The van der Waals surface area contributed by atoms with Gasteiger partial charge in [-0.15, -0.1) is 5.92 Å². The molecule has 1 aliphatic rings. The van der Waals surface area contributed by atoms with E-state index in [1.165, 1.54) is 0 Å². The fourth-order valence-electron chi connectivity index (χ4n) is 3.55. The number of benzene rings is 1. The number of amides is 1. The molecule has 1 aliphatic heterocycles. The number of H-pyrrole nitrogens is 1. The fourth-order valence-corrected chi connectivity index (χ4v) is 3.55. The summed E-state index contributed by atoms with van der Waals surface area (Å²) in [4.78, 5) is 20.1. The van der Waals surface area contributed by atoms with E-state index in [2.05, 4.69) is 32.4 Å². The van der Waals surface area contributed by atoms with Crippen LogP contribution in [0.2, 0.25) is 0 Å².